The molecule has 3 unspecified atom stereocenters. The van der Waals surface area contributed by atoms with Crippen LogP contribution in [0.5, 0.6) is 0 Å². The van der Waals surface area contributed by atoms with Crippen molar-refractivity contribution in [1.29, 1.82) is 0 Å². The van der Waals surface area contributed by atoms with Crippen LogP contribution in [0.3, 0.4) is 0 Å². The third-order valence-electron chi connectivity index (χ3n) is 4.53. The molecule has 3 atom stereocenters. The van der Waals surface area contributed by atoms with Gasteiger partial charge in [-0.1, -0.05) is 26.7 Å². The molecular weight excluding hydrogens is 250 g/mol. The maximum Gasteiger partial charge on any atom is 0.00985 e. The first-order chi connectivity index (χ1) is 9.29. The van der Waals surface area contributed by atoms with Crippen molar-refractivity contribution in [1.82, 2.24) is 5.32 Å². The smallest absolute Gasteiger partial charge is 0.00985 e. The van der Waals surface area contributed by atoms with Gasteiger partial charge in [0.05, 0.1) is 0 Å². The van der Waals surface area contributed by atoms with Crippen LogP contribution in [0.25, 0.3) is 0 Å². The van der Waals surface area contributed by atoms with E-state index in [1.54, 1.807) is 0 Å². The average Bonchev–Trinajstić information content (AvgIpc) is 2.92. The number of hydrogen-bond donors (Lipinski definition) is 1. The number of aryl methyl sites for hydroxylation is 1. The summed E-state index contributed by atoms with van der Waals surface area (Å²) in [6.45, 7) is 5.88. The van der Waals surface area contributed by atoms with Crippen LogP contribution in [0.2, 0.25) is 0 Å². The molecule has 0 aromatic carbocycles. The Hall–Kier alpha value is -0.340. The van der Waals surface area contributed by atoms with E-state index in [1.165, 1.54) is 57.1 Å². The third-order valence-corrected chi connectivity index (χ3v) is 5.26. The highest BCUT2D eigenvalue weighted by molar-refractivity contribution is 7.07. The van der Waals surface area contributed by atoms with Crippen LogP contribution in [0.15, 0.2) is 16.8 Å². The summed E-state index contributed by atoms with van der Waals surface area (Å²) in [5.41, 5.74) is 1.53. The Labute approximate surface area is 122 Å². The first kappa shape index (κ1) is 15.1. The minimum atomic E-state index is 0.739. The van der Waals surface area contributed by atoms with Crippen molar-refractivity contribution in [3.63, 3.8) is 0 Å². The molecule has 1 aliphatic rings. The first-order valence-corrected chi connectivity index (χ1v) is 8.98. The summed E-state index contributed by atoms with van der Waals surface area (Å²) in [7, 11) is 0. The molecule has 1 heterocycles. The maximum absolute atomic E-state index is 3.83. The quantitative estimate of drug-likeness (QED) is 0.750. The van der Waals surface area contributed by atoms with E-state index in [0.717, 1.165) is 17.9 Å². The van der Waals surface area contributed by atoms with Gasteiger partial charge in [0.15, 0.2) is 0 Å². The van der Waals surface area contributed by atoms with Gasteiger partial charge in [0, 0.05) is 6.04 Å². The standard InChI is InChI=1S/C17H29NS/c1-3-10-18-17(8-7-15-9-11-19-13-15)16-6-4-5-14(2)12-16/h9,11,13-14,16-18H,3-8,10,12H2,1-2H3. The monoisotopic (exact) mass is 279 g/mol. The number of nitrogens with one attached hydrogen (secondary N) is 1. The molecule has 1 aliphatic carbocycles. The van der Waals surface area contributed by atoms with Gasteiger partial charge in [-0.25, -0.2) is 0 Å². The van der Waals surface area contributed by atoms with E-state index in [2.05, 4.69) is 36.0 Å². The lowest BCUT2D eigenvalue weighted by molar-refractivity contribution is 0.215. The van der Waals surface area contributed by atoms with Crippen molar-refractivity contribution in [2.45, 2.75) is 64.8 Å². The largest absolute Gasteiger partial charge is 0.314 e. The molecule has 0 radical (unpaired) electrons. The molecule has 108 valence electrons. The Balaban J connectivity index is 1.86. The van der Waals surface area contributed by atoms with Crippen LogP contribution in [-0.4, -0.2) is 12.6 Å². The first-order valence-electron chi connectivity index (χ1n) is 8.04. The molecule has 1 aromatic heterocycles. The summed E-state index contributed by atoms with van der Waals surface area (Å²) < 4.78 is 0. The van der Waals surface area contributed by atoms with Crippen LogP contribution < -0.4 is 5.32 Å². The average molecular weight is 279 g/mol. The number of hydrogen-bond acceptors (Lipinski definition) is 2. The van der Waals surface area contributed by atoms with Crippen LogP contribution in [0.4, 0.5) is 0 Å². The van der Waals surface area contributed by atoms with E-state index in [0.29, 0.717) is 0 Å². The topological polar surface area (TPSA) is 12.0 Å². The Morgan fingerprint density at radius 3 is 3.00 bits per heavy atom. The molecule has 0 saturated heterocycles. The predicted octanol–water partition coefficient (Wildman–Crippen LogP) is 4.88. The lowest BCUT2D eigenvalue weighted by atomic mass is 9.77. The zero-order chi connectivity index (χ0) is 13.5. The lowest BCUT2D eigenvalue weighted by Crippen LogP contribution is -2.39. The summed E-state index contributed by atoms with van der Waals surface area (Å²) in [6, 6.07) is 3.02. The van der Waals surface area contributed by atoms with E-state index < -0.39 is 0 Å². The molecule has 2 rings (SSSR count). The zero-order valence-corrected chi connectivity index (χ0v) is 13.3. The molecule has 0 aliphatic heterocycles. The molecule has 2 heteroatoms. The van der Waals surface area contributed by atoms with Crippen LogP contribution in [0, 0.1) is 11.8 Å². The fourth-order valence-corrected chi connectivity index (χ4v) is 4.14. The molecule has 1 aromatic rings. The third kappa shape index (κ3) is 4.92. The Morgan fingerprint density at radius 1 is 1.42 bits per heavy atom. The molecule has 0 bridgehead atoms. The summed E-state index contributed by atoms with van der Waals surface area (Å²) in [4.78, 5) is 0. The second-order valence-electron chi connectivity index (χ2n) is 6.26. The molecule has 0 spiro atoms. The fourth-order valence-electron chi connectivity index (χ4n) is 3.44. The summed E-state index contributed by atoms with van der Waals surface area (Å²) >= 11 is 1.82. The van der Waals surface area contributed by atoms with Crippen molar-refractivity contribution in [2.75, 3.05) is 6.54 Å². The highest BCUT2D eigenvalue weighted by atomic mass is 32.1. The highest BCUT2D eigenvalue weighted by Crippen LogP contribution is 2.32. The van der Waals surface area contributed by atoms with Gasteiger partial charge in [-0.2, -0.15) is 11.3 Å². The zero-order valence-electron chi connectivity index (χ0n) is 12.5. The van der Waals surface area contributed by atoms with E-state index in [1.807, 2.05) is 11.3 Å². The van der Waals surface area contributed by atoms with Gasteiger partial charge in [-0.3, -0.25) is 0 Å². The highest BCUT2D eigenvalue weighted by Gasteiger charge is 2.25. The van der Waals surface area contributed by atoms with Gasteiger partial charge >= 0.3 is 0 Å². The minimum Gasteiger partial charge on any atom is -0.314 e. The Morgan fingerprint density at radius 2 is 2.32 bits per heavy atom. The predicted molar refractivity (Wildman–Crippen MR) is 85.8 cm³/mol. The van der Waals surface area contributed by atoms with Crippen molar-refractivity contribution in [3.8, 4) is 0 Å². The van der Waals surface area contributed by atoms with E-state index in [-0.39, 0.29) is 0 Å². The van der Waals surface area contributed by atoms with Crippen molar-refractivity contribution < 1.29 is 0 Å². The molecule has 1 saturated carbocycles. The van der Waals surface area contributed by atoms with Crippen molar-refractivity contribution in [3.05, 3.63) is 22.4 Å². The van der Waals surface area contributed by atoms with Crippen LogP contribution >= 0.6 is 11.3 Å². The van der Waals surface area contributed by atoms with Crippen molar-refractivity contribution >= 4 is 11.3 Å². The Bertz CT molecular complexity index is 333. The number of rotatable bonds is 7. The van der Waals surface area contributed by atoms with Crippen LogP contribution in [-0.2, 0) is 6.42 Å². The van der Waals surface area contributed by atoms with E-state index in [4.69, 9.17) is 0 Å². The van der Waals surface area contributed by atoms with Crippen LogP contribution in [0.1, 0.15) is 57.9 Å². The van der Waals surface area contributed by atoms with E-state index in [9.17, 15) is 0 Å². The molecule has 19 heavy (non-hydrogen) atoms. The van der Waals surface area contributed by atoms with Crippen molar-refractivity contribution in [2.24, 2.45) is 11.8 Å². The summed E-state index contributed by atoms with van der Waals surface area (Å²) in [6.07, 6.45) is 9.57. The summed E-state index contributed by atoms with van der Waals surface area (Å²) in [5.74, 6) is 1.85. The molecule has 0 amide bonds. The van der Waals surface area contributed by atoms with Gasteiger partial charge in [-0.05, 0) is 72.9 Å². The second-order valence-corrected chi connectivity index (χ2v) is 7.04. The fraction of sp³-hybridized carbons (Fsp3) is 0.765. The molecular formula is C17H29NS. The lowest BCUT2D eigenvalue weighted by Gasteiger charge is -2.34. The number of thiophene rings is 1. The SMILES string of the molecule is CCCNC(CCc1ccsc1)C1CCCC(C)C1. The Kier molecular flexibility index (Phi) is 6.39. The molecule has 1 fully saturated rings. The van der Waals surface area contributed by atoms with Gasteiger partial charge in [0.25, 0.3) is 0 Å². The van der Waals surface area contributed by atoms with Gasteiger partial charge < -0.3 is 5.32 Å². The minimum absolute atomic E-state index is 0.739. The molecule has 1 N–H and O–H groups in total. The molecule has 1 nitrogen and oxygen atoms in total. The maximum atomic E-state index is 3.83. The van der Waals surface area contributed by atoms with Gasteiger partial charge in [0.1, 0.15) is 0 Å². The van der Waals surface area contributed by atoms with Gasteiger partial charge in [-0.15, -0.1) is 0 Å². The summed E-state index contributed by atoms with van der Waals surface area (Å²) in [5, 5.41) is 8.33. The van der Waals surface area contributed by atoms with E-state index >= 15 is 0 Å². The second kappa shape index (κ2) is 8.06. The normalized spacial score (nSPS) is 25.4. The van der Waals surface area contributed by atoms with Gasteiger partial charge in [0.2, 0.25) is 0 Å².